The molecule has 0 saturated carbocycles. The minimum absolute atomic E-state index is 0.176. The molecule has 0 saturated heterocycles. The highest BCUT2D eigenvalue weighted by atomic mass is 14.9. The first-order valence-corrected chi connectivity index (χ1v) is 10.4. The van der Waals surface area contributed by atoms with Gasteiger partial charge in [0.2, 0.25) is 0 Å². The van der Waals surface area contributed by atoms with Crippen LogP contribution in [0.15, 0.2) is 78.9 Å². The first-order valence-electron chi connectivity index (χ1n) is 10.4. The average Bonchev–Trinajstić information content (AvgIpc) is 3.00. The van der Waals surface area contributed by atoms with Crippen molar-refractivity contribution in [2.75, 3.05) is 0 Å². The predicted molar refractivity (Wildman–Crippen MR) is 125 cm³/mol. The second-order valence-electron chi connectivity index (χ2n) is 8.74. The highest BCUT2D eigenvalue weighted by molar-refractivity contribution is 6.00. The normalized spacial score (nSPS) is 14.1. The molecular weight excluding hydrogens is 364 g/mol. The molecule has 0 atom stereocenters. The summed E-state index contributed by atoms with van der Waals surface area (Å²) in [6.45, 7) is 6.59. The Balaban J connectivity index is 1.71. The summed E-state index contributed by atoms with van der Waals surface area (Å²) in [6, 6.07) is 28.3. The van der Waals surface area contributed by atoms with Gasteiger partial charge in [0.05, 0.1) is 11.4 Å². The number of hydrogen-bond donors (Lipinski definition) is 0. The number of fused-ring (bicyclic) bond motifs is 6. The summed E-state index contributed by atoms with van der Waals surface area (Å²) in [5.41, 5.74) is 6.93. The molecule has 1 aliphatic rings. The lowest BCUT2D eigenvalue weighted by Crippen LogP contribution is -2.18. The van der Waals surface area contributed by atoms with Crippen molar-refractivity contribution < 1.29 is 0 Å². The summed E-state index contributed by atoms with van der Waals surface area (Å²) >= 11 is 0. The Labute approximate surface area is 176 Å². The third-order valence-corrected chi connectivity index (χ3v) is 6.46. The Morgan fingerprint density at radius 2 is 1.40 bits per heavy atom. The minimum Gasteiger partial charge on any atom is -0.237 e. The van der Waals surface area contributed by atoms with E-state index in [1.165, 1.54) is 38.2 Å². The highest BCUT2D eigenvalue weighted by Crippen LogP contribution is 2.53. The summed E-state index contributed by atoms with van der Waals surface area (Å²) in [7, 11) is 0. The lowest BCUT2D eigenvalue weighted by molar-refractivity contribution is 0.637. The number of hydrogen-bond acceptors (Lipinski definition) is 2. The number of aromatic nitrogens is 2. The van der Waals surface area contributed by atoms with Crippen molar-refractivity contribution in [2.45, 2.75) is 26.2 Å². The molecule has 144 valence electrons. The van der Waals surface area contributed by atoms with E-state index >= 15 is 0 Å². The third kappa shape index (κ3) is 2.31. The first-order chi connectivity index (χ1) is 14.5. The lowest BCUT2D eigenvalue weighted by Gasteiger charge is -2.22. The SMILES string of the molecule is Cc1nc(-c2ccc3ccccc3c2)c2c(n1)C(C)(C)c1c-2ccc2ccccc12. The minimum atomic E-state index is -0.176. The van der Waals surface area contributed by atoms with Crippen molar-refractivity contribution in [3.05, 3.63) is 95.9 Å². The van der Waals surface area contributed by atoms with Gasteiger partial charge in [-0.1, -0.05) is 86.6 Å². The number of rotatable bonds is 1. The summed E-state index contributed by atoms with van der Waals surface area (Å²) in [6.07, 6.45) is 0. The molecule has 0 fully saturated rings. The maximum absolute atomic E-state index is 4.97. The van der Waals surface area contributed by atoms with Crippen LogP contribution in [0.2, 0.25) is 0 Å². The van der Waals surface area contributed by atoms with Crippen LogP contribution in [0.5, 0.6) is 0 Å². The van der Waals surface area contributed by atoms with Gasteiger partial charge in [0, 0.05) is 16.5 Å². The van der Waals surface area contributed by atoms with Crippen LogP contribution in [0.4, 0.5) is 0 Å². The highest BCUT2D eigenvalue weighted by Gasteiger charge is 2.40. The third-order valence-electron chi connectivity index (χ3n) is 6.46. The summed E-state index contributed by atoms with van der Waals surface area (Å²) < 4.78 is 0. The van der Waals surface area contributed by atoms with Crippen molar-refractivity contribution in [3.63, 3.8) is 0 Å². The van der Waals surface area contributed by atoms with Gasteiger partial charge in [-0.15, -0.1) is 0 Å². The van der Waals surface area contributed by atoms with E-state index < -0.39 is 0 Å². The first kappa shape index (κ1) is 17.3. The molecule has 0 amide bonds. The van der Waals surface area contributed by atoms with Crippen LogP contribution in [0, 0.1) is 6.92 Å². The van der Waals surface area contributed by atoms with E-state index in [0.29, 0.717) is 0 Å². The summed E-state index contributed by atoms with van der Waals surface area (Å²) in [5.74, 6) is 0.821. The number of nitrogens with zero attached hydrogens (tertiary/aromatic N) is 2. The molecule has 1 heterocycles. The molecule has 2 nitrogen and oxygen atoms in total. The molecule has 30 heavy (non-hydrogen) atoms. The van der Waals surface area contributed by atoms with Gasteiger partial charge in [0.15, 0.2) is 0 Å². The van der Waals surface area contributed by atoms with Crippen LogP contribution in [0.3, 0.4) is 0 Å². The second-order valence-corrected chi connectivity index (χ2v) is 8.74. The maximum Gasteiger partial charge on any atom is 0.126 e. The predicted octanol–water partition coefficient (Wildman–Crippen LogP) is 7.06. The Morgan fingerprint density at radius 3 is 2.23 bits per heavy atom. The van der Waals surface area contributed by atoms with Crippen LogP contribution in [0.1, 0.15) is 30.9 Å². The molecule has 1 aromatic heterocycles. The van der Waals surface area contributed by atoms with Crippen molar-refractivity contribution in [1.82, 2.24) is 9.97 Å². The topological polar surface area (TPSA) is 25.8 Å². The van der Waals surface area contributed by atoms with Crippen LogP contribution in [0.25, 0.3) is 43.9 Å². The summed E-state index contributed by atoms with van der Waals surface area (Å²) in [4.78, 5) is 9.92. The maximum atomic E-state index is 4.97. The van der Waals surface area contributed by atoms with Crippen LogP contribution in [-0.2, 0) is 5.41 Å². The Morgan fingerprint density at radius 1 is 0.700 bits per heavy atom. The molecule has 0 bridgehead atoms. The fourth-order valence-corrected chi connectivity index (χ4v) is 5.10. The second kappa shape index (κ2) is 5.99. The van der Waals surface area contributed by atoms with E-state index in [1.54, 1.807) is 0 Å². The van der Waals surface area contributed by atoms with Gasteiger partial charge in [0.25, 0.3) is 0 Å². The zero-order valence-corrected chi connectivity index (χ0v) is 17.4. The lowest BCUT2D eigenvalue weighted by atomic mass is 9.82. The van der Waals surface area contributed by atoms with E-state index in [2.05, 4.69) is 92.7 Å². The van der Waals surface area contributed by atoms with Gasteiger partial charge in [-0.3, -0.25) is 0 Å². The van der Waals surface area contributed by atoms with Crippen molar-refractivity contribution in [2.24, 2.45) is 0 Å². The molecule has 0 N–H and O–H groups in total. The molecular formula is C28H22N2. The number of benzene rings is 4. The number of aryl methyl sites for hydroxylation is 1. The average molecular weight is 386 g/mol. The van der Waals surface area contributed by atoms with Crippen molar-refractivity contribution in [3.8, 4) is 22.4 Å². The smallest absolute Gasteiger partial charge is 0.126 e. The molecule has 1 aliphatic carbocycles. The van der Waals surface area contributed by atoms with E-state index in [1.807, 2.05) is 6.92 Å². The van der Waals surface area contributed by atoms with E-state index in [0.717, 1.165) is 22.8 Å². The fourth-order valence-electron chi connectivity index (χ4n) is 5.10. The molecule has 0 radical (unpaired) electrons. The van der Waals surface area contributed by atoms with Crippen LogP contribution in [-0.4, -0.2) is 9.97 Å². The van der Waals surface area contributed by atoms with Crippen molar-refractivity contribution >= 4 is 21.5 Å². The van der Waals surface area contributed by atoms with Gasteiger partial charge in [0.1, 0.15) is 5.82 Å². The van der Waals surface area contributed by atoms with E-state index in [4.69, 9.17) is 9.97 Å². The molecule has 5 aromatic rings. The fraction of sp³-hybridized carbons (Fsp3) is 0.143. The molecule has 6 rings (SSSR count). The van der Waals surface area contributed by atoms with Gasteiger partial charge < -0.3 is 0 Å². The van der Waals surface area contributed by atoms with Crippen molar-refractivity contribution in [1.29, 1.82) is 0 Å². The molecule has 0 unspecified atom stereocenters. The van der Waals surface area contributed by atoms with Gasteiger partial charge >= 0.3 is 0 Å². The van der Waals surface area contributed by atoms with E-state index in [9.17, 15) is 0 Å². The zero-order valence-electron chi connectivity index (χ0n) is 17.4. The molecule has 0 aliphatic heterocycles. The Hall–Kier alpha value is -3.52. The summed E-state index contributed by atoms with van der Waals surface area (Å²) in [5, 5.41) is 5.06. The van der Waals surface area contributed by atoms with Gasteiger partial charge in [-0.2, -0.15) is 0 Å². The molecule has 0 spiro atoms. The molecule has 4 aromatic carbocycles. The van der Waals surface area contributed by atoms with E-state index in [-0.39, 0.29) is 5.41 Å². The quantitative estimate of drug-likeness (QED) is 0.308. The Bertz CT molecular complexity index is 1480. The largest absolute Gasteiger partial charge is 0.237 e. The van der Waals surface area contributed by atoms with Gasteiger partial charge in [-0.05, 0) is 45.7 Å². The molecule has 2 heteroatoms. The standard InChI is InChI=1S/C28H22N2/c1-17-29-26(21-13-12-18-8-4-5-10-20(18)16-21)24-23-15-14-19-9-6-7-11-22(19)25(23)28(2,3)27(24)30-17/h4-16H,1-3H3. The monoisotopic (exact) mass is 386 g/mol. The van der Waals surface area contributed by atoms with Gasteiger partial charge in [-0.25, -0.2) is 9.97 Å². The van der Waals surface area contributed by atoms with Crippen LogP contribution >= 0.6 is 0 Å². The Kier molecular flexibility index (Phi) is 3.47. The zero-order chi connectivity index (χ0) is 20.5. The van der Waals surface area contributed by atoms with Crippen LogP contribution < -0.4 is 0 Å².